The lowest BCUT2D eigenvalue weighted by atomic mass is 10.0. The van der Waals surface area contributed by atoms with Crippen LogP contribution in [0.2, 0.25) is 0 Å². The Balaban J connectivity index is 2.40. The van der Waals surface area contributed by atoms with Crippen LogP contribution in [0, 0.1) is 0 Å². The van der Waals surface area contributed by atoms with Crippen molar-refractivity contribution in [2.45, 2.75) is 39.2 Å². The van der Waals surface area contributed by atoms with E-state index in [0.29, 0.717) is 19.1 Å². The molecule has 0 spiro atoms. The Morgan fingerprint density at radius 3 is 2.40 bits per heavy atom. The van der Waals surface area contributed by atoms with Crippen LogP contribution in [0.25, 0.3) is 0 Å². The molecular weight excluding hydrogens is 252 g/mol. The summed E-state index contributed by atoms with van der Waals surface area (Å²) in [6.45, 7) is 7.50. The van der Waals surface area contributed by atoms with E-state index >= 15 is 0 Å². The third-order valence-corrected chi connectivity index (χ3v) is 3.18. The van der Waals surface area contributed by atoms with E-state index in [9.17, 15) is 4.79 Å². The van der Waals surface area contributed by atoms with E-state index in [4.69, 9.17) is 4.74 Å². The molecule has 0 aliphatic heterocycles. The Morgan fingerprint density at radius 2 is 1.85 bits per heavy atom. The fourth-order valence-electron chi connectivity index (χ4n) is 1.86. The molecule has 20 heavy (non-hydrogen) atoms. The van der Waals surface area contributed by atoms with Gasteiger partial charge in [-0.1, -0.05) is 26.0 Å². The van der Waals surface area contributed by atoms with Crippen LogP contribution >= 0.6 is 0 Å². The molecule has 1 atom stereocenters. The zero-order valence-electron chi connectivity index (χ0n) is 12.9. The van der Waals surface area contributed by atoms with Crippen molar-refractivity contribution >= 4 is 11.6 Å². The van der Waals surface area contributed by atoms with E-state index in [0.717, 1.165) is 12.1 Å². The maximum Gasteiger partial charge on any atom is 0.242 e. The number of amides is 1. The van der Waals surface area contributed by atoms with Crippen molar-refractivity contribution in [2.24, 2.45) is 0 Å². The molecule has 0 bridgehead atoms. The summed E-state index contributed by atoms with van der Waals surface area (Å²) in [5.41, 5.74) is 2.26. The van der Waals surface area contributed by atoms with Gasteiger partial charge in [-0.15, -0.1) is 0 Å². The molecule has 1 unspecified atom stereocenters. The first kappa shape index (κ1) is 16.5. The summed E-state index contributed by atoms with van der Waals surface area (Å²) in [5, 5.41) is 6.09. The topological polar surface area (TPSA) is 50.4 Å². The highest BCUT2D eigenvalue weighted by Crippen LogP contribution is 2.17. The van der Waals surface area contributed by atoms with Crippen molar-refractivity contribution in [1.29, 1.82) is 0 Å². The maximum absolute atomic E-state index is 11.9. The first-order valence-electron chi connectivity index (χ1n) is 7.17. The molecule has 112 valence electrons. The van der Waals surface area contributed by atoms with Crippen LogP contribution in [0.3, 0.4) is 0 Å². The number of carbonyl (C=O) groups excluding carboxylic acids is 1. The Hall–Kier alpha value is -1.55. The molecular formula is C16H26N2O2. The van der Waals surface area contributed by atoms with Crippen molar-refractivity contribution in [1.82, 2.24) is 5.32 Å². The van der Waals surface area contributed by atoms with Gasteiger partial charge in [-0.3, -0.25) is 4.79 Å². The van der Waals surface area contributed by atoms with Gasteiger partial charge < -0.3 is 15.4 Å². The summed E-state index contributed by atoms with van der Waals surface area (Å²) in [6.07, 6.45) is 0.831. The number of ether oxygens (including phenoxy) is 1. The van der Waals surface area contributed by atoms with E-state index in [2.05, 4.69) is 36.6 Å². The molecule has 4 heteroatoms. The zero-order chi connectivity index (χ0) is 15.0. The second kappa shape index (κ2) is 8.59. The average Bonchev–Trinajstić information content (AvgIpc) is 2.44. The first-order chi connectivity index (χ1) is 9.54. The molecule has 0 fully saturated rings. The number of benzene rings is 1. The number of methoxy groups -OCH3 is 1. The van der Waals surface area contributed by atoms with Crippen LogP contribution in [-0.2, 0) is 9.53 Å². The van der Waals surface area contributed by atoms with Gasteiger partial charge in [0.15, 0.2) is 0 Å². The van der Waals surface area contributed by atoms with E-state index in [1.807, 2.05) is 19.1 Å². The molecule has 0 aromatic heterocycles. The SMILES string of the molecule is COCCCNC(=O)C(C)Nc1ccc(C(C)C)cc1. The van der Waals surface area contributed by atoms with Gasteiger partial charge in [-0.05, 0) is 37.0 Å². The third-order valence-electron chi connectivity index (χ3n) is 3.18. The van der Waals surface area contributed by atoms with E-state index in [-0.39, 0.29) is 11.9 Å². The number of carbonyl (C=O) groups is 1. The van der Waals surface area contributed by atoms with Gasteiger partial charge in [0.25, 0.3) is 0 Å². The van der Waals surface area contributed by atoms with Crippen LogP contribution in [-0.4, -0.2) is 32.2 Å². The van der Waals surface area contributed by atoms with E-state index < -0.39 is 0 Å². The number of rotatable bonds is 8. The highest BCUT2D eigenvalue weighted by Gasteiger charge is 2.11. The lowest BCUT2D eigenvalue weighted by molar-refractivity contribution is -0.121. The Morgan fingerprint density at radius 1 is 1.20 bits per heavy atom. The third kappa shape index (κ3) is 5.61. The van der Waals surface area contributed by atoms with Gasteiger partial charge >= 0.3 is 0 Å². The lowest BCUT2D eigenvalue weighted by Crippen LogP contribution is -2.38. The van der Waals surface area contributed by atoms with Crippen molar-refractivity contribution in [3.63, 3.8) is 0 Å². The fraction of sp³-hybridized carbons (Fsp3) is 0.562. The number of hydrogen-bond donors (Lipinski definition) is 2. The molecule has 1 amide bonds. The van der Waals surface area contributed by atoms with Gasteiger partial charge in [0, 0.05) is 25.9 Å². The van der Waals surface area contributed by atoms with E-state index in [1.54, 1.807) is 7.11 Å². The molecule has 0 aliphatic carbocycles. The second-order valence-corrected chi connectivity index (χ2v) is 5.28. The second-order valence-electron chi connectivity index (χ2n) is 5.28. The van der Waals surface area contributed by atoms with Gasteiger partial charge in [-0.25, -0.2) is 0 Å². The fourth-order valence-corrected chi connectivity index (χ4v) is 1.86. The minimum atomic E-state index is -0.248. The molecule has 4 nitrogen and oxygen atoms in total. The summed E-state index contributed by atoms with van der Waals surface area (Å²) in [5.74, 6) is 0.527. The highest BCUT2D eigenvalue weighted by molar-refractivity contribution is 5.84. The maximum atomic E-state index is 11.9. The molecule has 0 radical (unpaired) electrons. The number of hydrogen-bond acceptors (Lipinski definition) is 3. The van der Waals surface area contributed by atoms with E-state index in [1.165, 1.54) is 5.56 Å². The molecule has 1 aromatic carbocycles. The van der Waals surface area contributed by atoms with Gasteiger partial charge in [-0.2, -0.15) is 0 Å². The van der Waals surface area contributed by atoms with Crippen molar-refractivity contribution in [3.05, 3.63) is 29.8 Å². The van der Waals surface area contributed by atoms with Crippen molar-refractivity contribution in [2.75, 3.05) is 25.6 Å². The molecule has 1 rings (SSSR count). The normalized spacial score (nSPS) is 12.2. The monoisotopic (exact) mass is 278 g/mol. The smallest absolute Gasteiger partial charge is 0.242 e. The minimum Gasteiger partial charge on any atom is -0.385 e. The van der Waals surface area contributed by atoms with Crippen molar-refractivity contribution < 1.29 is 9.53 Å². The molecule has 0 heterocycles. The standard InChI is InChI=1S/C16H26N2O2/c1-12(2)14-6-8-15(9-7-14)18-13(3)16(19)17-10-5-11-20-4/h6-9,12-13,18H,5,10-11H2,1-4H3,(H,17,19). The van der Waals surface area contributed by atoms with Crippen LogP contribution in [0.4, 0.5) is 5.69 Å². The predicted octanol–water partition coefficient (Wildman–Crippen LogP) is 2.76. The number of anilines is 1. The van der Waals surface area contributed by atoms with Crippen LogP contribution in [0.1, 0.15) is 38.7 Å². The average molecular weight is 278 g/mol. The molecule has 1 aromatic rings. The van der Waals surface area contributed by atoms with Gasteiger partial charge in [0.1, 0.15) is 6.04 Å². The highest BCUT2D eigenvalue weighted by atomic mass is 16.5. The first-order valence-corrected chi connectivity index (χ1v) is 7.17. The molecule has 0 saturated carbocycles. The molecule has 0 saturated heterocycles. The Bertz CT molecular complexity index is 401. The van der Waals surface area contributed by atoms with Crippen LogP contribution in [0.5, 0.6) is 0 Å². The van der Waals surface area contributed by atoms with Crippen LogP contribution < -0.4 is 10.6 Å². The predicted molar refractivity (Wildman–Crippen MR) is 83.1 cm³/mol. The largest absolute Gasteiger partial charge is 0.385 e. The lowest BCUT2D eigenvalue weighted by Gasteiger charge is -2.16. The van der Waals surface area contributed by atoms with Crippen molar-refractivity contribution in [3.8, 4) is 0 Å². The summed E-state index contributed by atoms with van der Waals surface area (Å²) in [6, 6.07) is 7.97. The summed E-state index contributed by atoms with van der Waals surface area (Å²) in [7, 11) is 1.66. The van der Waals surface area contributed by atoms with Gasteiger partial charge in [0.05, 0.1) is 0 Å². The molecule has 2 N–H and O–H groups in total. The zero-order valence-corrected chi connectivity index (χ0v) is 12.9. The van der Waals surface area contributed by atoms with Gasteiger partial charge in [0.2, 0.25) is 5.91 Å². The number of nitrogens with one attached hydrogen (secondary N) is 2. The Labute approximate surface area is 121 Å². The summed E-state index contributed by atoms with van der Waals surface area (Å²) < 4.78 is 4.94. The Kier molecular flexibility index (Phi) is 7.09. The summed E-state index contributed by atoms with van der Waals surface area (Å²) >= 11 is 0. The summed E-state index contributed by atoms with van der Waals surface area (Å²) in [4.78, 5) is 11.9. The van der Waals surface area contributed by atoms with Crippen LogP contribution in [0.15, 0.2) is 24.3 Å². The molecule has 0 aliphatic rings. The minimum absolute atomic E-state index is 0.00837. The quantitative estimate of drug-likeness (QED) is 0.719.